The number of esters is 1. The summed E-state index contributed by atoms with van der Waals surface area (Å²) in [5.41, 5.74) is 1.16. The van der Waals surface area contributed by atoms with Crippen LogP contribution in [0, 0.1) is 35.5 Å². The van der Waals surface area contributed by atoms with Gasteiger partial charge in [-0.05, 0) is 114 Å². The van der Waals surface area contributed by atoms with E-state index < -0.39 is 103 Å². The molecule has 3 aliphatic heterocycles. The van der Waals surface area contributed by atoms with Crippen molar-refractivity contribution in [2.45, 2.75) is 187 Å². The van der Waals surface area contributed by atoms with E-state index in [2.05, 4.69) is 0 Å². The van der Waals surface area contributed by atoms with E-state index >= 15 is 0 Å². The van der Waals surface area contributed by atoms with Crippen molar-refractivity contribution in [2.75, 3.05) is 54.4 Å². The monoisotopic (exact) mass is 1060 g/mol. The smallest absolute Gasteiger partial charge is 0.329 e. The predicted octanol–water partition coefficient (Wildman–Crippen LogP) is 8.08. The molecule has 74 heavy (non-hydrogen) atoms. The number of nitrogens with zero attached hydrogens (tertiary/aromatic N) is 1. The number of piperidine rings is 1. The predicted molar refractivity (Wildman–Crippen MR) is 280 cm³/mol. The number of cyclic esters (lactones) is 1. The van der Waals surface area contributed by atoms with Gasteiger partial charge in [-0.1, -0.05) is 71.1 Å². The molecule has 1 aliphatic carbocycles. The van der Waals surface area contributed by atoms with Crippen molar-refractivity contribution in [3.63, 3.8) is 0 Å². The van der Waals surface area contributed by atoms with Crippen molar-refractivity contribution < 1.29 is 76.2 Å². The van der Waals surface area contributed by atoms with E-state index in [-0.39, 0.29) is 61.6 Å². The van der Waals surface area contributed by atoms with E-state index in [1.54, 1.807) is 41.1 Å². The van der Waals surface area contributed by atoms with Gasteiger partial charge in [-0.25, -0.2) is 4.79 Å². The zero-order valence-electron chi connectivity index (χ0n) is 46.4. The molecule has 2 saturated heterocycles. The molecule has 0 aromatic heterocycles. The second-order valence-corrected chi connectivity index (χ2v) is 23.5. The van der Waals surface area contributed by atoms with Crippen LogP contribution >= 0.6 is 7.60 Å². The number of hydrogen-bond donors (Lipinski definition) is 2. The molecule has 420 valence electrons. The number of rotatable bonds is 13. The van der Waals surface area contributed by atoms with Crippen molar-refractivity contribution in [1.82, 2.24) is 4.90 Å². The van der Waals surface area contributed by atoms with Crippen LogP contribution in [0.25, 0.3) is 0 Å². The third-order valence-corrected chi connectivity index (χ3v) is 16.9. The van der Waals surface area contributed by atoms with Crippen LogP contribution in [0.2, 0.25) is 0 Å². The third kappa shape index (κ3) is 17.9. The second kappa shape index (κ2) is 30.1. The number of methoxy groups -OCH3 is 3. The molecule has 0 radical (unpaired) electrons. The van der Waals surface area contributed by atoms with Gasteiger partial charge in [-0.15, -0.1) is 0 Å². The molecular formula is C56H90NO16P. The summed E-state index contributed by atoms with van der Waals surface area (Å²) in [5, 5.41) is 23.6. The lowest BCUT2D eigenvalue weighted by molar-refractivity contribution is -0.265. The Morgan fingerprint density at radius 1 is 0.878 bits per heavy atom. The number of allylic oxidation sites excluding steroid dienone is 6. The van der Waals surface area contributed by atoms with Gasteiger partial charge in [0.15, 0.2) is 11.6 Å². The fraction of sp³-hybridized carbons (Fsp3) is 0.768. The van der Waals surface area contributed by atoms with Gasteiger partial charge in [-0.3, -0.25) is 23.7 Å². The van der Waals surface area contributed by atoms with E-state index in [1.807, 2.05) is 65.0 Å². The highest BCUT2D eigenvalue weighted by Gasteiger charge is 2.53. The number of ether oxygens (including phenoxy) is 6. The molecule has 2 unspecified atom stereocenters. The Hall–Kier alpha value is -3.22. The van der Waals surface area contributed by atoms with E-state index in [9.17, 15) is 38.8 Å². The van der Waals surface area contributed by atoms with Gasteiger partial charge in [0.2, 0.25) is 5.79 Å². The van der Waals surface area contributed by atoms with Crippen LogP contribution in [0.1, 0.15) is 132 Å². The average molecular weight is 1060 g/mol. The Morgan fingerprint density at radius 3 is 2.28 bits per heavy atom. The minimum absolute atomic E-state index is 0.00529. The van der Waals surface area contributed by atoms with E-state index in [4.69, 9.17) is 37.5 Å². The Balaban J connectivity index is 1.68. The van der Waals surface area contributed by atoms with Gasteiger partial charge in [0, 0.05) is 71.7 Å². The van der Waals surface area contributed by atoms with Crippen LogP contribution < -0.4 is 0 Å². The molecule has 16 atom stereocenters. The topological polar surface area (TPSA) is 220 Å². The van der Waals surface area contributed by atoms with Crippen LogP contribution in [0.5, 0.6) is 0 Å². The van der Waals surface area contributed by atoms with Gasteiger partial charge >= 0.3 is 13.6 Å². The summed E-state index contributed by atoms with van der Waals surface area (Å²) in [4.78, 5) is 72.5. The normalized spacial score (nSPS) is 35.6. The number of ketones is 3. The summed E-state index contributed by atoms with van der Waals surface area (Å²) in [5.74, 6) is -8.31. The fourth-order valence-electron chi connectivity index (χ4n) is 10.9. The van der Waals surface area contributed by atoms with Gasteiger partial charge in [-0.2, -0.15) is 0 Å². The largest absolute Gasteiger partial charge is 0.460 e. The Morgan fingerprint density at radius 2 is 1.61 bits per heavy atom. The first kappa shape index (κ1) is 63.3. The zero-order valence-corrected chi connectivity index (χ0v) is 47.3. The molecule has 0 aromatic carbocycles. The molecule has 2 bridgehead atoms. The number of Topliss-reactive ketones (excluding diaryl/α,β-unsaturated/α-hetero) is 3. The first-order valence-electron chi connectivity index (χ1n) is 27.0. The third-order valence-electron chi connectivity index (χ3n) is 15.5. The highest BCUT2D eigenvalue weighted by Crippen LogP contribution is 2.48. The first-order valence-corrected chi connectivity index (χ1v) is 29.0. The lowest BCUT2D eigenvalue weighted by Crippen LogP contribution is -2.61. The number of amides is 1. The van der Waals surface area contributed by atoms with Gasteiger partial charge in [0.25, 0.3) is 11.7 Å². The molecule has 4 rings (SSSR count). The first-order chi connectivity index (χ1) is 35.0. The van der Waals surface area contributed by atoms with E-state index in [0.29, 0.717) is 70.8 Å². The molecule has 0 spiro atoms. The summed E-state index contributed by atoms with van der Waals surface area (Å²) in [6.07, 6.45) is 10.7. The molecular weight excluding hydrogens is 974 g/mol. The van der Waals surface area contributed by atoms with Crippen LogP contribution in [-0.4, -0.2) is 153 Å². The Labute approximate surface area is 441 Å². The number of fused-ring (bicyclic) bond motifs is 3. The maximum atomic E-state index is 14.6. The SMILES string of the molecule is CCOCCOP(C)(=O)O[C@@H]1CC[C@@H](C[C@@H](C)[C@@H]2CC(=O)C(C)=CC(C)[C@@H](O)[C@@H](OC)C(=O)[C@H](C)C[C@H](C)C=CC=CC=C(C)[C@@H](OC)C[C@@H]3CC[C@@H](C)[C@@](O)(O3)C(=O)C(=O)N3CCCC[C@H]3C(=O)O2)C[C@H]1OC. The van der Waals surface area contributed by atoms with Gasteiger partial charge < -0.3 is 52.6 Å². The minimum Gasteiger partial charge on any atom is -0.460 e. The highest BCUT2D eigenvalue weighted by atomic mass is 31.2. The summed E-state index contributed by atoms with van der Waals surface area (Å²) in [6.45, 7) is 16.9. The summed E-state index contributed by atoms with van der Waals surface area (Å²) >= 11 is 0. The van der Waals surface area contributed by atoms with Gasteiger partial charge in [0.05, 0.1) is 43.7 Å². The number of carbonyl (C=O) groups excluding carboxylic acids is 5. The number of aliphatic hydroxyl groups is 2. The van der Waals surface area contributed by atoms with Crippen LogP contribution in [0.15, 0.2) is 47.6 Å². The quantitative estimate of drug-likeness (QED) is 0.0770. The standard InChI is InChI=1S/C56H90NO16P/c1-13-69-27-28-70-74(12,65)73-46-25-23-42(32-49(46)67-10)31-38(5)48-34-45(58)37(4)30-40(7)51(60)52(68-11)50(59)39(6)29-35(2)19-15-14-16-20-36(3)47(66-9)33-43-24-22-41(8)56(64,72-43)53(61)54(62)57-26-18-17-21-44(57)55(63)71-48/h14-16,19-20,30,35,38-44,46-49,51-52,60,64H,13,17-18,21-29,31-34H2,1-12H3/t35-,38-,39-,40?,41-,42+,43+,44+,46-,47+,48+,49-,51-,52+,56-,74?/m1/s1. The maximum absolute atomic E-state index is 14.6. The summed E-state index contributed by atoms with van der Waals surface area (Å²) < 4.78 is 60.0. The lowest BCUT2D eigenvalue weighted by atomic mass is 9.78. The molecule has 2 N–H and O–H groups in total. The summed E-state index contributed by atoms with van der Waals surface area (Å²) in [6, 6.07) is -1.18. The molecule has 3 fully saturated rings. The van der Waals surface area contributed by atoms with Crippen LogP contribution in [0.3, 0.4) is 0 Å². The fourth-order valence-corrected chi connectivity index (χ4v) is 12.1. The molecule has 1 amide bonds. The van der Waals surface area contributed by atoms with Crippen molar-refractivity contribution in [2.24, 2.45) is 35.5 Å². The van der Waals surface area contributed by atoms with Crippen LogP contribution in [-0.2, 0) is 66.0 Å². The van der Waals surface area contributed by atoms with E-state index in [0.717, 1.165) is 5.57 Å². The molecule has 0 aromatic rings. The van der Waals surface area contributed by atoms with Crippen molar-refractivity contribution in [3.8, 4) is 0 Å². The van der Waals surface area contributed by atoms with Crippen LogP contribution in [0.4, 0.5) is 0 Å². The summed E-state index contributed by atoms with van der Waals surface area (Å²) in [7, 11) is 1.08. The average Bonchev–Trinajstić information content (AvgIpc) is 3.36. The maximum Gasteiger partial charge on any atom is 0.329 e. The molecule has 17 nitrogen and oxygen atoms in total. The number of carbonyl (C=O) groups is 5. The van der Waals surface area contributed by atoms with Gasteiger partial charge in [0.1, 0.15) is 18.2 Å². The Kier molecular flexibility index (Phi) is 25.7. The second-order valence-electron chi connectivity index (χ2n) is 21.5. The number of hydrogen-bond acceptors (Lipinski definition) is 16. The van der Waals surface area contributed by atoms with Crippen molar-refractivity contribution in [3.05, 3.63) is 47.6 Å². The van der Waals surface area contributed by atoms with E-state index in [1.165, 1.54) is 18.7 Å². The molecule has 1 saturated carbocycles. The Bertz CT molecular complexity index is 2040. The van der Waals surface area contributed by atoms with Crippen molar-refractivity contribution >= 4 is 36.8 Å². The minimum atomic E-state index is -3.44. The lowest BCUT2D eigenvalue weighted by Gasteiger charge is -2.42. The molecule has 3 heterocycles. The molecule has 4 aliphatic rings. The highest BCUT2D eigenvalue weighted by molar-refractivity contribution is 7.53. The number of aliphatic hydroxyl groups excluding tert-OH is 1. The molecule has 18 heteroatoms. The zero-order chi connectivity index (χ0) is 54.9. The van der Waals surface area contributed by atoms with Crippen molar-refractivity contribution in [1.29, 1.82) is 0 Å².